The fourth-order valence-corrected chi connectivity index (χ4v) is 1.95. The minimum atomic E-state index is 0.838. The molecule has 2 N–H and O–H groups in total. The summed E-state index contributed by atoms with van der Waals surface area (Å²) in [6, 6.07) is 5.96. The fraction of sp³-hybridized carbons (Fsp3) is 0.500. The first kappa shape index (κ1) is 14.6. The molecule has 1 aliphatic rings. The number of nitrogens with zero attached hydrogens (tertiary/aromatic N) is 1. The highest BCUT2D eigenvalue weighted by Gasteiger charge is 2.08. The maximum absolute atomic E-state index is 5.76. The quantitative estimate of drug-likeness (QED) is 0.607. The number of hydrogen-bond acceptors (Lipinski definition) is 2. The van der Waals surface area contributed by atoms with Crippen molar-refractivity contribution in [2.24, 2.45) is 0 Å². The lowest BCUT2D eigenvalue weighted by molar-refractivity contribution is 0.383. The topological polar surface area (TPSA) is 29.3 Å². The molecule has 2 rings (SSSR count). The van der Waals surface area contributed by atoms with Gasteiger partial charge in [-0.15, -0.1) is 0 Å². The van der Waals surface area contributed by atoms with Gasteiger partial charge in [0.2, 0.25) is 0 Å². The molecule has 1 saturated heterocycles. The lowest BCUT2D eigenvalue weighted by atomic mass is 10.1. The van der Waals surface area contributed by atoms with Crippen molar-refractivity contribution >= 4 is 5.69 Å². The van der Waals surface area contributed by atoms with Crippen LogP contribution in [0.5, 0.6) is 0 Å². The summed E-state index contributed by atoms with van der Waals surface area (Å²) in [5.74, 6) is 6.42. The van der Waals surface area contributed by atoms with E-state index in [9.17, 15) is 0 Å². The number of benzene rings is 1. The van der Waals surface area contributed by atoms with Gasteiger partial charge in [-0.25, -0.2) is 0 Å². The van der Waals surface area contributed by atoms with Crippen LogP contribution in [0.2, 0.25) is 0 Å². The molecule has 2 heteroatoms. The van der Waals surface area contributed by atoms with E-state index in [0.29, 0.717) is 0 Å². The van der Waals surface area contributed by atoms with E-state index in [0.717, 1.165) is 23.4 Å². The van der Waals surface area contributed by atoms with Gasteiger partial charge in [-0.3, -0.25) is 4.90 Å². The second-order valence-corrected chi connectivity index (χ2v) is 4.36. The molecule has 1 fully saturated rings. The molecule has 2 nitrogen and oxygen atoms in total. The Morgan fingerprint density at radius 1 is 1.22 bits per heavy atom. The Bertz CT molecular complexity index is 420. The van der Waals surface area contributed by atoms with Crippen molar-refractivity contribution in [2.75, 3.05) is 25.4 Å². The number of anilines is 1. The zero-order valence-corrected chi connectivity index (χ0v) is 11.8. The molecular formula is C16H24N2. The van der Waals surface area contributed by atoms with E-state index in [1.54, 1.807) is 0 Å². The van der Waals surface area contributed by atoms with Crippen LogP contribution in [0.3, 0.4) is 0 Å². The highest BCUT2D eigenvalue weighted by Crippen LogP contribution is 2.11. The third-order valence-electron chi connectivity index (χ3n) is 3.00. The van der Waals surface area contributed by atoms with Crippen molar-refractivity contribution in [1.29, 1.82) is 0 Å². The molecule has 0 saturated carbocycles. The Morgan fingerprint density at radius 3 is 2.50 bits per heavy atom. The van der Waals surface area contributed by atoms with Crippen LogP contribution < -0.4 is 5.73 Å². The molecule has 1 heterocycles. The summed E-state index contributed by atoms with van der Waals surface area (Å²) in [6.45, 7) is 9.31. The average molecular weight is 244 g/mol. The van der Waals surface area contributed by atoms with Crippen LogP contribution in [0.1, 0.15) is 37.8 Å². The van der Waals surface area contributed by atoms with Crippen LogP contribution in [0.4, 0.5) is 5.69 Å². The molecule has 0 amide bonds. The summed E-state index contributed by atoms with van der Waals surface area (Å²) < 4.78 is 0. The fourth-order valence-electron chi connectivity index (χ4n) is 1.95. The van der Waals surface area contributed by atoms with Crippen LogP contribution in [-0.4, -0.2) is 24.5 Å². The number of likely N-dealkylation sites (tertiary alicyclic amines) is 1. The zero-order chi connectivity index (χ0) is 13.4. The van der Waals surface area contributed by atoms with Gasteiger partial charge in [0, 0.05) is 11.3 Å². The summed E-state index contributed by atoms with van der Waals surface area (Å²) in [4.78, 5) is 2.40. The SMILES string of the molecule is CC.Cc1cc(C#CCN2CCCC2)ccc1N. The monoisotopic (exact) mass is 244 g/mol. The van der Waals surface area contributed by atoms with Crippen molar-refractivity contribution in [3.8, 4) is 11.8 Å². The van der Waals surface area contributed by atoms with E-state index in [1.807, 2.05) is 39.0 Å². The van der Waals surface area contributed by atoms with Gasteiger partial charge in [0.15, 0.2) is 0 Å². The van der Waals surface area contributed by atoms with E-state index in [-0.39, 0.29) is 0 Å². The van der Waals surface area contributed by atoms with Gasteiger partial charge in [-0.05, 0) is 56.6 Å². The standard InChI is InChI=1S/C14H18N2.C2H6/c1-12-11-13(6-7-14(12)15)5-4-10-16-8-2-3-9-16;1-2/h6-7,11H,2-3,8-10,15H2,1H3;1-2H3. The van der Waals surface area contributed by atoms with E-state index in [1.165, 1.54) is 25.9 Å². The van der Waals surface area contributed by atoms with Gasteiger partial charge in [-0.2, -0.15) is 0 Å². The summed E-state index contributed by atoms with van der Waals surface area (Å²) in [5.41, 5.74) is 8.76. The molecule has 1 aromatic rings. The molecule has 0 aliphatic carbocycles. The normalized spacial score (nSPS) is 14.4. The van der Waals surface area contributed by atoms with Crippen molar-refractivity contribution < 1.29 is 0 Å². The molecule has 98 valence electrons. The van der Waals surface area contributed by atoms with Gasteiger partial charge in [0.25, 0.3) is 0 Å². The highest BCUT2D eigenvalue weighted by molar-refractivity contribution is 5.51. The Morgan fingerprint density at radius 2 is 1.89 bits per heavy atom. The number of nitrogens with two attached hydrogens (primary N) is 1. The summed E-state index contributed by atoms with van der Waals surface area (Å²) >= 11 is 0. The van der Waals surface area contributed by atoms with Gasteiger partial charge in [0.1, 0.15) is 0 Å². The van der Waals surface area contributed by atoms with E-state index >= 15 is 0 Å². The minimum absolute atomic E-state index is 0.838. The molecule has 18 heavy (non-hydrogen) atoms. The smallest absolute Gasteiger partial charge is 0.0605 e. The van der Waals surface area contributed by atoms with Gasteiger partial charge in [0.05, 0.1) is 6.54 Å². The molecule has 0 bridgehead atoms. The molecule has 1 aromatic carbocycles. The largest absolute Gasteiger partial charge is 0.399 e. The summed E-state index contributed by atoms with van der Waals surface area (Å²) in [7, 11) is 0. The highest BCUT2D eigenvalue weighted by atomic mass is 15.1. The first-order valence-electron chi connectivity index (χ1n) is 6.83. The Labute approximate surface area is 111 Å². The van der Waals surface area contributed by atoms with Gasteiger partial charge < -0.3 is 5.73 Å². The lowest BCUT2D eigenvalue weighted by Gasteiger charge is -2.08. The number of rotatable bonds is 1. The van der Waals surface area contributed by atoms with Crippen molar-refractivity contribution in [3.05, 3.63) is 29.3 Å². The second kappa shape index (κ2) is 7.79. The number of aryl methyl sites for hydroxylation is 1. The predicted molar refractivity (Wildman–Crippen MR) is 79.5 cm³/mol. The third kappa shape index (κ3) is 4.43. The van der Waals surface area contributed by atoms with Crippen molar-refractivity contribution in [1.82, 2.24) is 4.90 Å². The average Bonchev–Trinajstić information content (AvgIpc) is 2.89. The van der Waals surface area contributed by atoms with E-state index < -0.39 is 0 Å². The molecular weight excluding hydrogens is 220 g/mol. The first-order valence-corrected chi connectivity index (χ1v) is 6.83. The Hall–Kier alpha value is -1.46. The van der Waals surface area contributed by atoms with E-state index in [2.05, 4.69) is 16.7 Å². The molecule has 1 aliphatic heterocycles. The maximum Gasteiger partial charge on any atom is 0.0605 e. The zero-order valence-electron chi connectivity index (χ0n) is 11.8. The lowest BCUT2D eigenvalue weighted by Crippen LogP contribution is -2.18. The number of hydrogen-bond donors (Lipinski definition) is 1. The van der Waals surface area contributed by atoms with Gasteiger partial charge >= 0.3 is 0 Å². The Kier molecular flexibility index (Phi) is 6.32. The van der Waals surface area contributed by atoms with Crippen LogP contribution in [0.15, 0.2) is 18.2 Å². The Balaban J connectivity index is 0.000000771. The maximum atomic E-state index is 5.76. The van der Waals surface area contributed by atoms with E-state index in [4.69, 9.17) is 5.73 Å². The molecule has 0 spiro atoms. The van der Waals surface area contributed by atoms with Crippen molar-refractivity contribution in [3.63, 3.8) is 0 Å². The minimum Gasteiger partial charge on any atom is -0.399 e. The second-order valence-electron chi connectivity index (χ2n) is 4.36. The van der Waals surface area contributed by atoms with Crippen LogP contribution in [0.25, 0.3) is 0 Å². The predicted octanol–water partition coefficient (Wildman–Crippen LogP) is 3.05. The van der Waals surface area contributed by atoms with Crippen molar-refractivity contribution in [2.45, 2.75) is 33.6 Å². The molecule has 0 unspecified atom stereocenters. The first-order chi connectivity index (χ1) is 8.75. The van der Waals surface area contributed by atoms with Crippen LogP contribution in [0, 0.1) is 18.8 Å². The number of nitrogen functional groups attached to an aromatic ring is 1. The molecule has 0 radical (unpaired) electrons. The van der Waals surface area contributed by atoms with Crippen LogP contribution >= 0.6 is 0 Å². The summed E-state index contributed by atoms with van der Waals surface area (Å²) in [5, 5.41) is 0. The van der Waals surface area contributed by atoms with Gasteiger partial charge in [-0.1, -0.05) is 25.7 Å². The molecule has 0 atom stereocenters. The summed E-state index contributed by atoms with van der Waals surface area (Å²) in [6.07, 6.45) is 2.64. The van der Waals surface area contributed by atoms with Crippen LogP contribution in [-0.2, 0) is 0 Å². The third-order valence-corrected chi connectivity index (χ3v) is 3.00. The molecule has 0 aromatic heterocycles.